The highest BCUT2D eigenvalue weighted by Gasteiger charge is 2.39. The molecule has 1 aromatic heterocycles. The summed E-state index contributed by atoms with van der Waals surface area (Å²) in [6.07, 6.45) is 0.991. The molecule has 3 heteroatoms. The van der Waals surface area contributed by atoms with E-state index in [1.54, 1.807) is 0 Å². The van der Waals surface area contributed by atoms with Crippen molar-refractivity contribution in [3.8, 4) is 0 Å². The lowest BCUT2D eigenvalue weighted by atomic mass is 9.71. The van der Waals surface area contributed by atoms with Gasteiger partial charge in [-0.3, -0.25) is 4.68 Å². The molecule has 1 N–H and O–H groups in total. The highest BCUT2D eigenvalue weighted by molar-refractivity contribution is 5.82. The fourth-order valence-corrected chi connectivity index (χ4v) is 3.39. The fourth-order valence-electron chi connectivity index (χ4n) is 3.39. The second kappa shape index (κ2) is 4.71. The third kappa shape index (κ3) is 1.96. The predicted molar refractivity (Wildman–Crippen MR) is 85.4 cm³/mol. The molecule has 0 saturated carbocycles. The van der Waals surface area contributed by atoms with Gasteiger partial charge >= 0.3 is 0 Å². The lowest BCUT2D eigenvalue weighted by molar-refractivity contribution is 0.272. The molecule has 2 aromatic carbocycles. The average Bonchev–Trinajstić information content (AvgIpc) is 2.81. The molecular formula is C18H19N3. The van der Waals surface area contributed by atoms with Crippen molar-refractivity contribution in [2.24, 2.45) is 7.05 Å². The Hall–Kier alpha value is -2.13. The molecule has 106 valence electrons. The zero-order valence-electron chi connectivity index (χ0n) is 12.2. The van der Waals surface area contributed by atoms with E-state index in [1.807, 2.05) is 11.7 Å². The van der Waals surface area contributed by atoms with Gasteiger partial charge < -0.3 is 5.32 Å². The van der Waals surface area contributed by atoms with Gasteiger partial charge in [0.2, 0.25) is 0 Å². The van der Waals surface area contributed by atoms with Crippen molar-refractivity contribution >= 4 is 10.9 Å². The highest BCUT2D eigenvalue weighted by Crippen LogP contribution is 2.34. The molecule has 4 rings (SSSR count). The van der Waals surface area contributed by atoms with Crippen LogP contribution in [0.15, 0.2) is 54.6 Å². The minimum absolute atomic E-state index is 0.193. The molecule has 1 saturated heterocycles. The zero-order chi connectivity index (χ0) is 14.3. The lowest BCUT2D eigenvalue weighted by Gasteiger charge is -2.43. The van der Waals surface area contributed by atoms with Crippen LogP contribution in [0, 0.1) is 0 Å². The van der Waals surface area contributed by atoms with Gasteiger partial charge in [0.05, 0.1) is 11.2 Å². The second-order valence-electron chi connectivity index (χ2n) is 6.01. The summed E-state index contributed by atoms with van der Waals surface area (Å²) in [7, 11) is 2.03. The van der Waals surface area contributed by atoms with E-state index in [9.17, 15) is 0 Å². The number of nitrogens with one attached hydrogen (secondary N) is 1. The minimum Gasteiger partial charge on any atom is -0.315 e. The molecule has 3 nitrogen and oxygen atoms in total. The van der Waals surface area contributed by atoms with Crippen LogP contribution in [0.25, 0.3) is 10.9 Å². The molecule has 1 aliphatic rings. The summed E-state index contributed by atoms with van der Waals surface area (Å²) >= 11 is 0. The third-order valence-electron chi connectivity index (χ3n) is 4.65. The molecule has 0 radical (unpaired) electrons. The van der Waals surface area contributed by atoms with Gasteiger partial charge in [-0.05, 0) is 11.6 Å². The number of hydrogen-bond donors (Lipinski definition) is 1. The summed E-state index contributed by atoms with van der Waals surface area (Å²) in [6, 6.07) is 19.3. The summed E-state index contributed by atoms with van der Waals surface area (Å²) in [6.45, 7) is 2.06. The van der Waals surface area contributed by atoms with Crippen molar-refractivity contribution in [2.75, 3.05) is 13.1 Å². The van der Waals surface area contributed by atoms with Crippen LogP contribution in [-0.4, -0.2) is 22.9 Å². The van der Waals surface area contributed by atoms with Crippen LogP contribution in [0.5, 0.6) is 0 Å². The Kier molecular flexibility index (Phi) is 2.82. The zero-order valence-corrected chi connectivity index (χ0v) is 12.2. The molecule has 1 aliphatic heterocycles. The molecule has 0 spiro atoms. The Labute approximate surface area is 124 Å². The van der Waals surface area contributed by atoms with Gasteiger partial charge in [-0.15, -0.1) is 0 Å². The standard InChI is InChI=1S/C18H19N3/c1-21-17-10-6-5-9-15(17)16(20-21)11-18(12-19-13-18)14-7-3-2-4-8-14/h2-10,19H,11-13H2,1H3. The summed E-state index contributed by atoms with van der Waals surface area (Å²) in [5.74, 6) is 0. The molecule has 0 atom stereocenters. The number of para-hydroxylation sites is 1. The Morgan fingerprint density at radius 2 is 1.76 bits per heavy atom. The molecule has 1 fully saturated rings. The predicted octanol–water partition coefficient (Wildman–Crippen LogP) is 2.66. The van der Waals surface area contributed by atoms with Crippen molar-refractivity contribution in [3.05, 3.63) is 65.9 Å². The van der Waals surface area contributed by atoms with Gasteiger partial charge in [-0.1, -0.05) is 48.5 Å². The average molecular weight is 277 g/mol. The topological polar surface area (TPSA) is 29.9 Å². The van der Waals surface area contributed by atoms with Gasteiger partial charge in [0.1, 0.15) is 0 Å². The third-order valence-corrected chi connectivity index (χ3v) is 4.65. The fraction of sp³-hybridized carbons (Fsp3) is 0.278. The maximum absolute atomic E-state index is 4.77. The van der Waals surface area contributed by atoms with Crippen molar-refractivity contribution in [2.45, 2.75) is 11.8 Å². The van der Waals surface area contributed by atoms with Crippen LogP contribution < -0.4 is 5.32 Å². The molecule has 0 amide bonds. The van der Waals surface area contributed by atoms with E-state index in [1.165, 1.54) is 22.2 Å². The monoisotopic (exact) mass is 277 g/mol. The van der Waals surface area contributed by atoms with E-state index >= 15 is 0 Å². The van der Waals surface area contributed by atoms with Crippen molar-refractivity contribution in [1.82, 2.24) is 15.1 Å². The van der Waals surface area contributed by atoms with E-state index in [0.29, 0.717) is 0 Å². The van der Waals surface area contributed by atoms with Crippen molar-refractivity contribution in [3.63, 3.8) is 0 Å². The SMILES string of the molecule is Cn1nc(CC2(c3ccccc3)CNC2)c2ccccc21. The first-order valence-electron chi connectivity index (χ1n) is 7.45. The minimum atomic E-state index is 0.193. The van der Waals surface area contributed by atoms with E-state index in [4.69, 9.17) is 5.10 Å². The van der Waals surface area contributed by atoms with Crippen LogP contribution in [0.1, 0.15) is 11.3 Å². The number of fused-ring (bicyclic) bond motifs is 1. The highest BCUT2D eigenvalue weighted by atomic mass is 15.3. The van der Waals surface area contributed by atoms with Gasteiger partial charge in [-0.2, -0.15) is 5.10 Å². The first-order valence-corrected chi connectivity index (χ1v) is 7.45. The van der Waals surface area contributed by atoms with Crippen LogP contribution >= 0.6 is 0 Å². The van der Waals surface area contributed by atoms with E-state index in [2.05, 4.69) is 59.9 Å². The molecule has 0 bridgehead atoms. The van der Waals surface area contributed by atoms with Gasteiger partial charge in [0.15, 0.2) is 0 Å². The molecule has 2 heterocycles. The Morgan fingerprint density at radius 3 is 2.48 bits per heavy atom. The van der Waals surface area contributed by atoms with Crippen LogP contribution in [0.3, 0.4) is 0 Å². The van der Waals surface area contributed by atoms with Gasteiger partial charge in [0, 0.05) is 37.4 Å². The summed E-state index contributed by atoms with van der Waals surface area (Å²) in [5.41, 5.74) is 4.03. The first kappa shape index (κ1) is 12.6. The second-order valence-corrected chi connectivity index (χ2v) is 6.01. The smallest absolute Gasteiger partial charge is 0.0713 e. The van der Waals surface area contributed by atoms with Crippen LogP contribution in [0.4, 0.5) is 0 Å². The van der Waals surface area contributed by atoms with Crippen LogP contribution in [-0.2, 0) is 18.9 Å². The number of benzene rings is 2. The Bertz CT molecular complexity index is 770. The van der Waals surface area contributed by atoms with E-state index in [0.717, 1.165) is 19.5 Å². The number of aromatic nitrogens is 2. The maximum atomic E-state index is 4.77. The van der Waals surface area contributed by atoms with Crippen molar-refractivity contribution in [1.29, 1.82) is 0 Å². The summed E-state index contributed by atoms with van der Waals surface area (Å²) < 4.78 is 2.00. The normalized spacial score (nSPS) is 16.8. The quantitative estimate of drug-likeness (QED) is 0.797. The number of hydrogen-bond acceptors (Lipinski definition) is 2. The molecule has 0 unspecified atom stereocenters. The van der Waals surface area contributed by atoms with Gasteiger partial charge in [-0.25, -0.2) is 0 Å². The Morgan fingerprint density at radius 1 is 1.05 bits per heavy atom. The molecular weight excluding hydrogens is 258 g/mol. The maximum Gasteiger partial charge on any atom is 0.0713 e. The van der Waals surface area contributed by atoms with E-state index in [-0.39, 0.29) is 5.41 Å². The molecule has 3 aromatic rings. The molecule has 21 heavy (non-hydrogen) atoms. The van der Waals surface area contributed by atoms with Gasteiger partial charge in [0.25, 0.3) is 0 Å². The Balaban J connectivity index is 1.77. The molecule has 0 aliphatic carbocycles. The first-order chi connectivity index (χ1) is 10.3. The summed E-state index contributed by atoms with van der Waals surface area (Å²) in [5, 5.41) is 9.49. The van der Waals surface area contributed by atoms with E-state index < -0.39 is 0 Å². The number of rotatable bonds is 3. The largest absolute Gasteiger partial charge is 0.315 e. The number of nitrogens with zero attached hydrogens (tertiary/aromatic N) is 2. The lowest BCUT2D eigenvalue weighted by Crippen LogP contribution is -2.58. The summed E-state index contributed by atoms with van der Waals surface area (Å²) in [4.78, 5) is 0. The van der Waals surface area contributed by atoms with Crippen LogP contribution in [0.2, 0.25) is 0 Å². The van der Waals surface area contributed by atoms with Crippen molar-refractivity contribution < 1.29 is 0 Å². The number of aryl methyl sites for hydroxylation is 1.